The number of anilines is 1. The normalized spacial score (nSPS) is 13.0. The Morgan fingerprint density at radius 2 is 1.96 bits per heavy atom. The number of nitrogens with zero attached hydrogens (tertiary/aromatic N) is 3. The molecule has 3 rings (SSSR count). The topological polar surface area (TPSA) is 66.0 Å². The van der Waals surface area contributed by atoms with Gasteiger partial charge in [-0.15, -0.1) is 0 Å². The summed E-state index contributed by atoms with van der Waals surface area (Å²) in [5, 5.41) is 6.99. The summed E-state index contributed by atoms with van der Waals surface area (Å²) >= 11 is 3.49. The number of aryl methyl sites for hydroxylation is 1. The number of pyridine rings is 1. The van der Waals surface area contributed by atoms with Crippen LogP contribution in [0.5, 0.6) is 0 Å². The fraction of sp³-hybridized carbons (Fsp3) is 0.474. The van der Waals surface area contributed by atoms with Gasteiger partial charge in [-0.1, -0.05) is 42.8 Å². The average Bonchev–Trinajstić information content (AvgIpc) is 2.95. The Balaban J connectivity index is 1.76. The molecule has 2 aromatic heterocycles. The smallest absolute Gasteiger partial charge is 0.191 e. The molecule has 0 spiro atoms. The third-order valence-electron chi connectivity index (χ3n) is 5.30. The molecular formula is C19H27BrN4OSi. The molecule has 26 heavy (non-hydrogen) atoms. The SMILES string of the molecule is CC(C)(C)[Si](C)(C)OCCCn1cc2c(n1)c(N)nc1cc(Br)ccc12. The molecule has 0 radical (unpaired) electrons. The number of hydrogen-bond donors (Lipinski definition) is 1. The van der Waals surface area contributed by atoms with Gasteiger partial charge in [-0.05, 0) is 36.7 Å². The summed E-state index contributed by atoms with van der Waals surface area (Å²) in [6.07, 6.45) is 2.99. The van der Waals surface area contributed by atoms with Crippen LogP contribution in [0.4, 0.5) is 5.82 Å². The molecule has 2 N–H and O–H groups in total. The molecule has 0 aliphatic carbocycles. The monoisotopic (exact) mass is 434 g/mol. The highest BCUT2D eigenvalue weighted by Gasteiger charge is 2.36. The number of hydrogen-bond acceptors (Lipinski definition) is 4. The Bertz CT molecular complexity index is 946. The number of nitrogens with two attached hydrogens (primary N) is 1. The van der Waals surface area contributed by atoms with E-state index < -0.39 is 8.32 Å². The summed E-state index contributed by atoms with van der Waals surface area (Å²) in [5.74, 6) is 0.474. The summed E-state index contributed by atoms with van der Waals surface area (Å²) in [6.45, 7) is 12.9. The molecule has 0 aliphatic heterocycles. The van der Waals surface area contributed by atoms with Crippen molar-refractivity contribution in [3.8, 4) is 0 Å². The predicted molar refractivity (Wildman–Crippen MR) is 115 cm³/mol. The quantitative estimate of drug-likeness (QED) is 0.434. The molecule has 0 amide bonds. The van der Waals surface area contributed by atoms with Crippen LogP contribution in [0.2, 0.25) is 18.1 Å². The van der Waals surface area contributed by atoms with Gasteiger partial charge in [0.05, 0.1) is 5.52 Å². The van der Waals surface area contributed by atoms with Crippen molar-refractivity contribution < 1.29 is 4.43 Å². The van der Waals surface area contributed by atoms with Crippen LogP contribution in [0.3, 0.4) is 0 Å². The second-order valence-electron chi connectivity index (χ2n) is 8.28. The van der Waals surface area contributed by atoms with Gasteiger partial charge in [0.25, 0.3) is 0 Å². The van der Waals surface area contributed by atoms with Crippen LogP contribution in [0, 0.1) is 0 Å². The molecule has 0 aliphatic rings. The number of fused-ring (bicyclic) bond motifs is 3. The van der Waals surface area contributed by atoms with Crippen LogP contribution >= 0.6 is 15.9 Å². The van der Waals surface area contributed by atoms with E-state index >= 15 is 0 Å². The zero-order valence-corrected chi connectivity index (χ0v) is 18.7. The zero-order valence-electron chi connectivity index (χ0n) is 16.1. The van der Waals surface area contributed by atoms with Gasteiger partial charge in [-0.2, -0.15) is 5.10 Å². The van der Waals surface area contributed by atoms with Gasteiger partial charge in [0.15, 0.2) is 14.1 Å². The number of halogens is 1. The minimum Gasteiger partial charge on any atom is -0.417 e. The van der Waals surface area contributed by atoms with E-state index in [1.165, 1.54) is 0 Å². The van der Waals surface area contributed by atoms with Crippen molar-refractivity contribution in [3.05, 3.63) is 28.9 Å². The highest BCUT2D eigenvalue weighted by Crippen LogP contribution is 2.36. The molecule has 5 nitrogen and oxygen atoms in total. The van der Waals surface area contributed by atoms with Crippen LogP contribution in [0.1, 0.15) is 27.2 Å². The van der Waals surface area contributed by atoms with Crippen LogP contribution < -0.4 is 5.73 Å². The third-order valence-corrected chi connectivity index (χ3v) is 10.3. The minimum atomic E-state index is -1.69. The molecule has 0 saturated carbocycles. The van der Waals surface area contributed by atoms with Gasteiger partial charge in [0.1, 0.15) is 5.52 Å². The summed E-state index contributed by atoms with van der Waals surface area (Å²) in [6, 6.07) is 6.06. The van der Waals surface area contributed by atoms with Gasteiger partial charge >= 0.3 is 0 Å². The molecule has 2 heterocycles. The lowest BCUT2D eigenvalue weighted by Gasteiger charge is -2.36. The second-order valence-corrected chi connectivity index (χ2v) is 14.0. The lowest BCUT2D eigenvalue weighted by molar-refractivity contribution is 0.273. The first-order valence-corrected chi connectivity index (χ1v) is 12.6. The highest BCUT2D eigenvalue weighted by atomic mass is 79.9. The number of aromatic nitrogens is 3. The molecule has 0 atom stereocenters. The second kappa shape index (κ2) is 6.94. The van der Waals surface area contributed by atoms with Crippen molar-refractivity contribution >= 4 is 51.9 Å². The van der Waals surface area contributed by atoms with Crippen LogP contribution in [0.25, 0.3) is 21.8 Å². The van der Waals surface area contributed by atoms with Crippen LogP contribution in [-0.2, 0) is 11.0 Å². The van der Waals surface area contributed by atoms with E-state index in [9.17, 15) is 0 Å². The highest BCUT2D eigenvalue weighted by molar-refractivity contribution is 9.10. The van der Waals surface area contributed by atoms with Gasteiger partial charge < -0.3 is 10.2 Å². The first-order valence-electron chi connectivity index (χ1n) is 8.94. The lowest BCUT2D eigenvalue weighted by atomic mass is 10.1. The lowest BCUT2D eigenvalue weighted by Crippen LogP contribution is -2.41. The van der Waals surface area contributed by atoms with E-state index in [4.69, 9.17) is 10.2 Å². The maximum atomic E-state index is 6.25. The van der Waals surface area contributed by atoms with Crippen LogP contribution in [0.15, 0.2) is 28.9 Å². The summed E-state index contributed by atoms with van der Waals surface area (Å²) < 4.78 is 9.20. The molecule has 3 aromatic rings. The van der Waals surface area contributed by atoms with E-state index in [2.05, 4.69) is 72.1 Å². The average molecular weight is 435 g/mol. The van der Waals surface area contributed by atoms with E-state index in [0.29, 0.717) is 5.82 Å². The fourth-order valence-corrected chi connectivity index (χ4v) is 4.14. The molecule has 0 fully saturated rings. The first-order chi connectivity index (χ1) is 12.1. The Morgan fingerprint density at radius 1 is 1.23 bits per heavy atom. The molecule has 1 aromatic carbocycles. The predicted octanol–water partition coefficient (Wildman–Crippen LogP) is 5.34. The van der Waals surface area contributed by atoms with Gasteiger partial charge in [-0.25, -0.2) is 4.98 Å². The molecule has 7 heteroatoms. The molecule has 0 unspecified atom stereocenters. The largest absolute Gasteiger partial charge is 0.417 e. The van der Waals surface area contributed by atoms with Crippen molar-refractivity contribution in [1.29, 1.82) is 0 Å². The van der Waals surface area contributed by atoms with Crippen molar-refractivity contribution in [3.63, 3.8) is 0 Å². The van der Waals surface area contributed by atoms with Crippen molar-refractivity contribution in [2.24, 2.45) is 0 Å². The fourth-order valence-electron chi connectivity index (χ4n) is 2.70. The Kier molecular flexibility index (Phi) is 5.16. The third kappa shape index (κ3) is 3.79. The van der Waals surface area contributed by atoms with E-state index in [1.54, 1.807) is 0 Å². The molecule has 0 saturated heterocycles. The summed E-state index contributed by atoms with van der Waals surface area (Å²) in [7, 11) is -1.69. The summed E-state index contributed by atoms with van der Waals surface area (Å²) in [5.41, 5.74) is 7.77. The van der Waals surface area contributed by atoms with Crippen molar-refractivity contribution in [2.75, 3.05) is 12.3 Å². The van der Waals surface area contributed by atoms with Gasteiger partial charge in [0, 0.05) is 34.6 Å². The van der Waals surface area contributed by atoms with E-state index in [1.807, 2.05) is 16.8 Å². The number of rotatable bonds is 5. The summed E-state index contributed by atoms with van der Waals surface area (Å²) in [4.78, 5) is 4.49. The van der Waals surface area contributed by atoms with Gasteiger partial charge in [-0.3, -0.25) is 4.68 Å². The van der Waals surface area contributed by atoms with E-state index in [0.717, 1.165) is 45.9 Å². The Labute approximate surface area is 164 Å². The standard InChI is InChI=1S/C19H27BrN4OSi/c1-19(2,3)26(4,5)25-10-6-9-24-12-15-14-8-7-13(20)11-16(14)22-18(21)17(15)23-24/h7-8,11-12H,6,9-10H2,1-5H3,(H2,21,22). The minimum absolute atomic E-state index is 0.237. The Hall–Kier alpha value is -1.44. The van der Waals surface area contributed by atoms with E-state index in [-0.39, 0.29) is 5.04 Å². The van der Waals surface area contributed by atoms with Crippen molar-refractivity contribution in [1.82, 2.24) is 14.8 Å². The van der Waals surface area contributed by atoms with Crippen LogP contribution in [-0.4, -0.2) is 29.7 Å². The molecule has 140 valence electrons. The Morgan fingerprint density at radius 3 is 2.65 bits per heavy atom. The van der Waals surface area contributed by atoms with Gasteiger partial charge in [0.2, 0.25) is 0 Å². The number of benzene rings is 1. The molecular weight excluding hydrogens is 408 g/mol. The van der Waals surface area contributed by atoms with Crippen molar-refractivity contribution in [2.45, 2.75) is 51.9 Å². The maximum Gasteiger partial charge on any atom is 0.191 e. The zero-order chi connectivity index (χ0) is 19.1. The maximum absolute atomic E-state index is 6.25. The molecule has 0 bridgehead atoms. The first kappa shape index (κ1) is 19.3. The number of nitrogen functional groups attached to an aromatic ring is 1.